The van der Waals surface area contributed by atoms with E-state index in [9.17, 15) is 13.2 Å². The molecule has 1 fully saturated rings. The maximum atomic E-state index is 13.2. The van der Waals surface area contributed by atoms with Gasteiger partial charge in [-0.25, -0.2) is 8.42 Å². The number of carbonyl (C=O) groups is 1. The molecule has 1 N–H and O–H groups in total. The summed E-state index contributed by atoms with van der Waals surface area (Å²) in [6.07, 6.45) is 1.90. The second-order valence-electron chi connectivity index (χ2n) is 7.53. The highest BCUT2D eigenvalue weighted by molar-refractivity contribution is 7.91. The molecule has 0 saturated carbocycles. The van der Waals surface area contributed by atoms with E-state index in [-0.39, 0.29) is 16.7 Å². The third kappa shape index (κ3) is 4.56. The molecule has 1 aromatic carbocycles. The van der Waals surface area contributed by atoms with Crippen LogP contribution in [0.3, 0.4) is 0 Å². The Kier molecular flexibility index (Phi) is 6.22. The predicted octanol–water partition coefficient (Wildman–Crippen LogP) is 3.71. The highest BCUT2D eigenvalue weighted by Gasteiger charge is 2.34. The molecule has 1 amide bonds. The summed E-state index contributed by atoms with van der Waals surface area (Å²) in [6.45, 7) is 4.39. The van der Waals surface area contributed by atoms with Crippen LogP contribution < -0.4 is 5.32 Å². The first kappa shape index (κ1) is 21.7. The van der Waals surface area contributed by atoms with Crippen molar-refractivity contribution < 1.29 is 17.7 Å². The number of carbonyl (C=O) groups excluding carboxylic acids is 1. The van der Waals surface area contributed by atoms with Crippen LogP contribution >= 0.6 is 11.3 Å². The third-order valence-electron chi connectivity index (χ3n) is 5.36. The summed E-state index contributed by atoms with van der Waals surface area (Å²) in [7, 11) is -3.71. The summed E-state index contributed by atoms with van der Waals surface area (Å²) >= 11 is 1.12. The molecule has 8 nitrogen and oxygen atoms in total. The van der Waals surface area contributed by atoms with Crippen molar-refractivity contribution in [2.45, 2.75) is 37.3 Å². The van der Waals surface area contributed by atoms with Crippen molar-refractivity contribution in [2.75, 3.05) is 18.4 Å². The lowest BCUT2D eigenvalue weighted by Crippen LogP contribution is -2.43. The van der Waals surface area contributed by atoms with Gasteiger partial charge in [-0.1, -0.05) is 30.3 Å². The summed E-state index contributed by atoms with van der Waals surface area (Å²) in [5.74, 6) is 0.333. The predicted molar refractivity (Wildman–Crippen MR) is 118 cm³/mol. The minimum atomic E-state index is -3.71. The number of rotatable bonds is 6. The summed E-state index contributed by atoms with van der Waals surface area (Å²) in [5, 5.41) is 8.56. The van der Waals surface area contributed by atoms with E-state index in [1.807, 2.05) is 38.1 Å². The molecule has 0 spiro atoms. The number of hydrogen-bond acceptors (Lipinski definition) is 7. The molecule has 0 aliphatic carbocycles. The molecule has 10 heteroatoms. The molecule has 0 radical (unpaired) electrons. The summed E-state index contributed by atoms with van der Waals surface area (Å²) in [5.41, 5.74) is 2.33. The Hall–Kier alpha value is -2.56. The molecule has 1 aliphatic rings. The molecule has 2 aromatic heterocycles. The second-order valence-corrected chi connectivity index (χ2v) is 10.6. The number of sulfonamides is 1. The standard InChI is InChI=1S/C21H24N4O4S2/c1-3-18-23-20(24-29-18)16-11-19(30-13-16)31(27,28)25-10-6-8-15(12-25)21(26)22-17-9-5-4-7-14(17)2/h4-5,7,9,11,13,15H,3,6,8,10,12H2,1-2H3,(H,22,26)/t15-/m1/s1. The Morgan fingerprint density at radius 3 is 2.90 bits per heavy atom. The van der Waals surface area contributed by atoms with E-state index in [1.54, 1.807) is 11.4 Å². The molecule has 3 heterocycles. The number of amides is 1. The molecule has 1 aliphatic heterocycles. The quantitative estimate of drug-likeness (QED) is 0.601. The fourth-order valence-corrected chi connectivity index (χ4v) is 6.37. The highest BCUT2D eigenvalue weighted by Crippen LogP contribution is 2.31. The summed E-state index contributed by atoms with van der Waals surface area (Å²) < 4.78 is 33.2. The number of para-hydroxylation sites is 1. The highest BCUT2D eigenvalue weighted by atomic mass is 32.2. The Balaban J connectivity index is 1.48. The average Bonchev–Trinajstić information content (AvgIpc) is 3.45. The molecule has 164 valence electrons. The molecule has 0 unspecified atom stereocenters. The van der Waals surface area contributed by atoms with Crippen LogP contribution in [0.25, 0.3) is 11.4 Å². The number of hydrogen-bond donors (Lipinski definition) is 1. The normalized spacial score (nSPS) is 17.5. The van der Waals surface area contributed by atoms with Crippen LogP contribution in [-0.4, -0.2) is 41.9 Å². The lowest BCUT2D eigenvalue weighted by molar-refractivity contribution is -0.120. The second kappa shape index (κ2) is 8.89. The Bertz CT molecular complexity index is 1190. The lowest BCUT2D eigenvalue weighted by Gasteiger charge is -2.30. The number of benzene rings is 1. The molecular weight excluding hydrogens is 436 g/mol. The lowest BCUT2D eigenvalue weighted by atomic mass is 9.98. The third-order valence-corrected chi connectivity index (χ3v) is 8.64. The van der Waals surface area contributed by atoms with Crippen LogP contribution in [0.2, 0.25) is 0 Å². The smallest absolute Gasteiger partial charge is 0.252 e. The van der Waals surface area contributed by atoms with E-state index in [0.29, 0.717) is 43.1 Å². The molecule has 4 rings (SSSR count). The van der Waals surface area contributed by atoms with Crippen molar-refractivity contribution in [1.29, 1.82) is 0 Å². The van der Waals surface area contributed by atoms with Gasteiger partial charge in [-0.05, 0) is 37.5 Å². The first-order chi connectivity index (χ1) is 14.9. The van der Waals surface area contributed by atoms with Crippen LogP contribution in [0.15, 0.2) is 44.4 Å². The van der Waals surface area contributed by atoms with Crippen LogP contribution in [0, 0.1) is 12.8 Å². The molecule has 0 bridgehead atoms. The summed E-state index contributed by atoms with van der Waals surface area (Å²) in [6, 6.07) is 9.12. The number of nitrogens with one attached hydrogen (secondary N) is 1. The molecule has 1 saturated heterocycles. The van der Waals surface area contributed by atoms with Crippen molar-refractivity contribution in [2.24, 2.45) is 5.92 Å². The van der Waals surface area contributed by atoms with Crippen molar-refractivity contribution in [3.63, 3.8) is 0 Å². The van der Waals surface area contributed by atoms with Gasteiger partial charge < -0.3 is 9.84 Å². The molecule has 31 heavy (non-hydrogen) atoms. The number of aryl methyl sites for hydroxylation is 2. The van der Waals surface area contributed by atoms with Gasteiger partial charge in [0.05, 0.1) is 5.92 Å². The first-order valence-corrected chi connectivity index (χ1v) is 12.5. The van der Waals surface area contributed by atoms with Gasteiger partial charge in [0.2, 0.25) is 17.6 Å². The minimum absolute atomic E-state index is 0.153. The van der Waals surface area contributed by atoms with Gasteiger partial charge in [0.15, 0.2) is 0 Å². The SMILES string of the molecule is CCc1nc(-c2csc(S(=O)(=O)N3CCC[C@@H](C(=O)Nc4ccccc4C)C3)c2)no1. The monoisotopic (exact) mass is 460 g/mol. The zero-order valence-electron chi connectivity index (χ0n) is 17.4. The van der Waals surface area contributed by atoms with E-state index in [2.05, 4.69) is 15.5 Å². The van der Waals surface area contributed by atoms with E-state index in [1.165, 1.54) is 4.31 Å². The average molecular weight is 461 g/mol. The van der Waals surface area contributed by atoms with Crippen LogP contribution in [0.1, 0.15) is 31.2 Å². The van der Waals surface area contributed by atoms with Crippen LogP contribution in [0.4, 0.5) is 5.69 Å². The van der Waals surface area contributed by atoms with Crippen LogP contribution in [-0.2, 0) is 21.2 Å². The van der Waals surface area contributed by atoms with E-state index >= 15 is 0 Å². The first-order valence-electron chi connectivity index (χ1n) is 10.2. The van der Waals surface area contributed by atoms with Gasteiger partial charge in [0.1, 0.15) is 4.21 Å². The van der Waals surface area contributed by atoms with Crippen molar-refractivity contribution >= 4 is 33.0 Å². The van der Waals surface area contributed by atoms with E-state index in [0.717, 1.165) is 22.6 Å². The van der Waals surface area contributed by atoms with Gasteiger partial charge in [-0.2, -0.15) is 9.29 Å². The maximum absolute atomic E-state index is 13.2. The summed E-state index contributed by atoms with van der Waals surface area (Å²) in [4.78, 5) is 17.0. The Morgan fingerprint density at radius 2 is 2.16 bits per heavy atom. The van der Waals surface area contributed by atoms with Gasteiger partial charge in [0.25, 0.3) is 10.0 Å². The Labute approximate surface area is 185 Å². The zero-order chi connectivity index (χ0) is 22.0. The van der Waals surface area contributed by atoms with Gasteiger partial charge in [0, 0.05) is 36.1 Å². The van der Waals surface area contributed by atoms with E-state index < -0.39 is 15.9 Å². The molecule has 1 atom stereocenters. The van der Waals surface area contributed by atoms with Crippen molar-refractivity contribution in [3.8, 4) is 11.4 Å². The number of thiophene rings is 1. The number of anilines is 1. The number of nitrogens with zero attached hydrogens (tertiary/aromatic N) is 3. The van der Waals surface area contributed by atoms with E-state index in [4.69, 9.17) is 4.52 Å². The van der Waals surface area contributed by atoms with Crippen LogP contribution in [0.5, 0.6) is 0 Å². The number of piperidine rings is 1. The van der Waals surface area contributed by atoms with Gasteiger partial charge >= 0.3 is 0 Å². The zero-order valence-corrected chi connectivity index (χ0v) is 19.0. The number of aromatic nitrogens is 2. The van der Waals surface area contributed by atoms with Crippen molar-refractivity contribution in [3.05, 3.63) is 47.2 Å². The van der Waals surface area contributed by atoms with Gasteiger partial charge in [-0.3, -0.25) is 4.79 Å². The maximum Gasteiger partial charge on any atom is 0.252 e. The topological polar surface area (TPSA) is 105 Å². The Morgan fingerprint density at radius 1 is 1.35 bits per heavy atom. The largest absolute Gasteiger partial charge is 0.339 e. The molecule has 3 aromatic rings. The van der Waals surface area contributed by atoms with Crippen molar-refractivity contribution in [1.82, 2.24) is 14.4 Å². The molecular formula is C21H24N4O4S2. The van der Waals surface area contributed by atoms with Gasteiger partial charge in [-0.15, -0.1) is 11.3 Å². The fraction of sp³-hybridized carbons (Fsp3) is 0.381. The minimum Gasteiger partial charge on any atom is -0.339 e. The fourth-order valence-electron chi connectivity index (χ4n) is 3.53.